The van der Waals surface area contributed by atoms with Crippen LogP contribution in [-0.4, -0.2) is 86.8 Å². The SMILES string of the molecule is Cc1ccc(S(=O)(=O)NCCN2CCN(C[C@@H](O)COc3ccc4sc(C)nc4c3)CC2)cc1. The van der Waals surface area contributed by atoms with Crippen LogP contribution in [0.15, 0.2) is 47.4 Å². The number of fused-ring (bicyclic) bond motifs is 1. The maximum atomic E-state index is 12.4. The summed E-state index contributed by atoms with van der Waals surface area (Å²) in [6.45, 7) is 9.04. The summed E-state index contributed by atoms with van der Waals surface area (Å²) in [6, 6.07) is 12.7. The van der Waals surface area contributed by atoms with Crippen LogP contribution in [0, 0.1) is 13.8 Å². The Labute approximate surface area is 205 Å². The summed E-state index contributed by atoms with van der Waals surface area (Å²) in [7, 11) is -3.48. The third-order valence-corrected chi connectivity index (χ3v) is 8.32. The molecule has 0 aliphatic carbocycles. The quantitative estimate of drug-likeness (QED) is 0.437. The van der Waals surface area contributed by atoms with Gasteiger partial charge in [-0.05, 0) is 38.1 Å². The molecule has 1 aromatic heterocycles. The van der Waals surface area contributed by atoms with E-state index in [0.717, 1.165) is 52.7 Å². The molecule has 2 N–H and O–H groups in total. The van der Waals surface area contributed by atoms with Crippen molar-refractivity contribution in [2.75, 3.05) is 52.4 Å². The van der Waals surface area contributed by atoms with E-state index in [1.165, 1.54) is 0 Å². The second-order valence-electron chi connectivity index (χ2n) is 8.68. The molecule has 0 unspecified atom stereocenters. The maximum absolute atomic E-state index is 12.4. The zero-order valence-electron chi connectivity index (χ0n) is 19.6. The van der Waals surface area contributed by atoms with Crippen LogP contribution in [0.3, 0.4) is 0 Å². The molecule has 2 heterocycles. The lowest BCUT2D eigenvalue weighted by molar-refractivity contribution is 0.0465. The number of nitrogens with zero attached hydrogens (tertiary/aromatic N) is 3. The lowest BCUT2D eigenvalue weighted by Crippen LogP contribution is -2.50. The Morgan fingerprint density at radius 3 is 2.53 bits per heavy atom. The van der Waals surface area contributed by atoms with Crippen molar-refractivity contribution in [1.82, 2.24) is 19.5 Å². The molecule has 8 nitrogen and oxygen atoms in total. The number of ether oxygens (including phenoxy) is 1. The number of hydrogen-bond donors (Lipinski definition) is 2. The fraction of sp³-hybridized carbons (Fsp3) is 0.458. The Hall–Kier alpha value is -2.08. The molecule has 0 saturated carbocycles. The molecule has 34 heavy (non-hydrogen) atoms. The molecule has 0 spiro atoms. The van der Waals surface area contributed by atoms with Gasteiger partial charge in [0.25, 0.3) is 0 Å². The van der Waals surface area contributed by atoms with Gasteiger partial charge in [-0.3, -0.25) is 9.80 Å². The molecule has 4 rings (SSSR count). The van der Waals surface area contributed by atoms with E-state index in [4.69, 9.17) is 4.74 Å². The number of β-amino-alcohol motifs (C(OH)–C–C–N with tert-alkyl or cyclic N) is 1. The van der Waals surface area contributed by atoms with Crippen LogP contribution < -0.4 is 9.46 Å². The number of aliphatic hydroxyl groups excluding tert-OH is 1. The summed E-state index contributed by atoms with van der Waals surface area (Å²) < 4.78 is 34.4. The van der Waals surface area contributed by atoms with Crippen LogP contribution >= 0.6 is 11.3 Å². The first-order chi connectivity index (χ1) is 16.3. The molecular weight excluding hydrogens is 472 g/mol. The summed E-state index contributed by atoms with van der Waals surface area (Å²) in [4.78, 5) is 9.23. The van der Waals surface area contributed by atoms with E-state index >= 15 is 0 Å². The number of piperazine rings is 1. The van der Waals surface area contributed by atoms with Crippen molar-refractivity contribution < 1.29 is 18.3 Å². The molecule has 0 radical (unpaired) electrons. The van der Waals surface area contributed by atoms with Crippen molar-refractivity contribution in [3.8, 4) is 5.75 Å². The summed E-state index contributed by atoms with van der Waals surface area (Å²) in [5.74, 6) is 0.717. The van der Waals surface area contributed by atoms with Crippen molar-refractivity contribution >= 4 is 31.6 Å². The van der Waals surface area contributed by atoms with Gasteiger partial charge in [-0.2, -0.15) is 0 Å². The number of aromatic nitrogens is 1. The minimum Gasteiger partial charge on any atom is -0.491 e. The molecule has 1 aliphatic heterocycles. The molecule has 1 atom stereocenters. The molecule has 2 aromatic carbocycles. The minimum absolute atomic E-state index is 0.232. The predicted octanol–water partition coefficient (Wildman–Crippen LogP) is 2.25. The van der Waals surface area contributed by atoms with E-state index in [0.29, 0.717) is 24.5 Å². The van der Waals surface area contributed by atoms with Crippen LogP contribution in [0.4, 0.5) is 0 Å². The van der Waals surface area contributed by atoms with E-state index in [9.17, 15) is 13.5 Å². The van der Waals surface area contributed by atoms with Gasteiger partial charge in [0.05, 0.1) is 20.1 Å². The number of aliphatic hydroxyl groups is 1. The summed E-state index contributed by atoms with van der Waals surface area (Å²) in [5, 5.41) is 11.5. The fourth-order valence-corrected chi connectivity index (χ4v) is 5.82. The van der Waals surface area contributed by atoms with E-state index < -0.39 is 16.1 Å². The Balaban J connectivity index is 1.14. The molecule has 0 bridgehead atoms. The molecule has 1 fully saturated rings. The Morgan fingerprint density at radius 1 is 1.09 bits per heavy atom. The molecule has 1 saturated heterocycles. The highest BCUT2D eigenvalue weighted by Gasteiger charge is 2.20. The number of thiazole rings is 1. The Kier molecular flexibility index (Phi) is 8.18. The molecule has 10 heteroatoms. The van der Waals surface area contributed by atoms with Crippen LogP contribution in [0.25, 0.3) is 10.2 Å². The molecule has 3 aromatic rings. The van der Waals surface area contributed by atoms with E-state index in [1.54, 1.807) is 35.6 Å². The third kappa shape index (κ3) is 6.74. The smallest absolute Gasteiger partial charge is 0.240 e. The first-order valence-corrected chi connectivity index (χ1v) is 13.8. The lowest BCUT2D eigenvalue weighted by atomic mass is 10.2. The maximum Gasteiger partial charge on any atom is 0.240 e. The van der Waals surface area contributed by atoms with Crippen molar-refractivity contribution in [3.63, 3.8) is 0 Å². The van der Waals surface area contributed by atoms with Gasteiger partial charge in [0, 0.05) is 51.9 Å². The van der Waals surface area contributed by atoms with Crippen LogP contribution in [0.2, 0.25) is 0 Å². The van der Waals surface area contributed by atoms with E-state index in [1.807, 2.05) is 32.0 Å². The van der Waals surface area contributed by atoms with E-state index in [2.05, 4.69) is 19.5 Å². The second-order valence-corrected chi connectivity index (χ2v) is 11.7. The summed E-state index contributed by atoms with van der Waals surface area (Å²) >= 11 is 1.65. The van der Waals surface area contributed by atoms with Gasteiger partial charge in [0.2, 0.25) is 10.0 Å². The van der Waals surface area contributed by atoms with Crippen molar-refractivity contribution in [2.24, 2.45) is 0 Å². The Bertz CT molecular complexity index is 1190. The standard InChI is InChI=1S/C24H32N4O4S2/c1-18-3-6-22(7-4-18)34(30,31)25-9-10-27-11-13-28(14-12-27)16-20(29)17-32-21-5-8-24-23(15-21)26-19(2)33-24/h3-8,15,20,25,29H,9-14,16-17H2,1-2H3/t20-/m1/s1. The number of aryl methyl sites for hydroxylation is 2. The average Bonchev–Trinajstić information content (AvgIpc) is 3.18. The number of nitrogens with one attached hydrogen (secondary N) is 1. The highest BCUT2D eigenvalue weighted by atomic mass is 32.2. The number of rotatable bonds is 10. The molecule has 184 valence electrons. The van der Waals surface area contributed by atoms with Crippen molar-refractivity contribution in [1.29, 1.82) is 0 Å². The van der Waals surface area contributed by atoms with Gasteiger partial charge in [0.1, 0.15) is 18.5 Å². The van der Waals surface area contributed by atoms with Crippen LogP contribution in [0.5, 0.6) is 5.75 Å². The highest BCUT2D eigenvalue weighted by Crippen LogP contribution is 2.25. The fourth-order valence-electron chi connectivity index (χ4n) is 3.99. The largest absolute Gasteiger partial charge is 0.491 e. The summed E-state index contributed by atoms with van der Waals surface area (Å²) in [6.07, 6.45) is -0.583. The zero-order chi connectivity index (χ0) is 24.1. The van der Waals surface area contributed by atoms with Gasteiger partial charge in [-0.15, -0.1) is 11.3 Å². The normalized spacial score (nSPS) is 16.7. The van der Waals surface area contributed by atoms with E-state index in [-0.39, 0.29) is 6.61 Å². The minimum atomic E-state index is -3.48. The second kappa shape index (κ2) is 11.1. The number of sulfonamides is 1. The number of benzene rings is 2. The summed E-state index contributed by atoms with van der Waals surface area (Å²) in [5.41, 5.74) is 1.95. The predicted molar refractivity (Wildman–Crippen MR) is 135 cm³/mol. The lowest BCUT2D eigenvalue weighted by Gasteiger charge is -2.35. The molecular formula is C24H32N4O4S2. The molecule has 0 amide bonds. The first-order valence-electron chi connectivity index (χ1n) is 11.5. The van der Waals surface area contributed by atoms with Crippen molar-refractivity contribution in [2.45, 2.75) is 24.8 Å². The van der Waals surface area contributed by atoms with Crippen molar-refractivity contribution in [3.05, 3.63) is 53.0 Å². The Morgan fingerprint density at radius 2 is 1.79 bits per heavy atom. The number of hydrogen-bond acceptors (Lipinski definition) is 8. The zero-order valence-corrected chi connectivity index (χ0v) is 21.2. The monoisotopic (exact) mass is 504 g/mol. The average molecular weight is 505 g/mol. The van der Waals surface area contributed by atoms with Gasteiger partial charge in [-0.25, -0.2) is 18.1 Å². The van der Waals surface area contributed by atoms with Crippen LogP contribution in [-0.2, 0) is 10.0 Å². The highest BCUT2D eigenvalue weighted by molar-refractivity contribution is 7.89. The van der Waals surface area contributed by atoms with Gasteiger partial charge >= 0.3 is 0 Å². The topological polar surface area (TPSA) is 95.0 Å². The van der Waals surface area contributed by atoms with Gasteiger partial charge in [-0.1, -0.05) is 17.7 Å². The van der Waals surface area contributed by atoms with Gasteiger partial charge < -0.3 is 9.84 Å². The first kappa shape index (κ1) is 25.0. The van der Waals surface area contributed by atoms with Gasteiger partial charge in [0.15, 0.2) is 0 Å². The third-order valence-electron chi connectivity index (χ3n) is 5.89. The van der Waals surface area contributed by atoms with Crippen LogP contribution in [0.1, 0.15) is 10.6 Å². The molecule has 1 aliphatic rings.